The number of aromatic nitrogens is 3. The molecule has 1 aliphatic heterocycles. The van der Waals surface area contributed by atoms with Crippen LogP contribution in [0.1, 0.15) is 34.5 Å². The summed E-state index contributed by atoms with van der Waals surface area (Å²) in [7, 11) is 1.82. The van der Waals surface area contributed by atoms with Gasteiger partial charge in [-0.05, 0) is 49.2 Å². The number of carbonyl (C=O) groups excluding carboxylic acids is 1. The Morgan fingerprint density at radius 1 is 1.00 bits per heavy atom. The molecule has 1 aromatic heterocycles. The molecule has 2 heterocycles. The monoisotopic (exact) mass is 375 g/mol. The Hall–Kier alpha value is -2.99. The molecule has 2 aromatic carbocycles. The number of rotatable bonds is 6. The van der Waals surface area contributed by atoms with Gasteiger partial charge in [0.1, 0.15) is 0 Å². The van der Waals surface area contributed by atoms with Gasteiger partial charge in [0.25, 0.3) is 5.91 Å². The number of benzene rings is 2. The average molecular weight is 375 g/mol. The van der Waals surface area contributed by atoms with Crippen LogP contribution in [0.2, 0.25) is 0 Å². The molecule has 1 saturated heterocycles. The van der Waals surface area contributed by atoms with Gasteiger partial charge in [-0.3, -0.25) is 9.69 Å². The maximum Gasteiger partial charge on any atom is 0.276 e. The maximum atomic E-state index is 12.8. The fraction of sp³-hybridized carbons (Fsp3) is 0.318. The molecule has 1 fully saturated rings. The lowest BCUT2D eigenvalue weighted by Gasteiger charge is -2.21. The molecule has 0 radical (unpaired) electrons. The normalized spacial score (nSPS) is 14.3. The first-order valence-electron chi connectivity index (χ1n) is 9.73. The van der Waals surface area contributed by atoms with Crippen molar-refractivity contribution in [1.82, 2.24) is 24.8 Å². The van der Waals surface area contributed by atoms with Gasteiger partial charge in [-0.15, -0.1) is 5.10 Å². The molecular formula is C22H25N5O. The van der Waals surface area contributed by atoms with E-state index in [4.69, 9.17) is 0 Å². The Morgan fingerprint density at radius 3 is 2.43 bits per heavy atom. The van der Waals surface area contributed by atoms with E-state index in [0.29, 0.717) is 12.2 Å². The minimum Gasteiger partial charge on any atom is -0.336 e. The summed E-state index contributed by atoms with van der Waals surface area (Å²) in [4.78, 5) is 17.0. The van der Waals surface area contributed by atoms with Gasteiger partial charge in [-0.1, -0.05) is 47.7 Å². The lowest BCUT2D eigenvalue weighted by atomic mass is 10.1. The van der Waals surface area contributed by atoms with Crippen LogP contribution in [0.5, 0.6) is 0 Å². The summed E-state index contributed by atoms with van der Waals surface area (Å²) in [6.07, 6.45) is 4.24. The second-order valence-corrected chi connectivity index (χ2v) is 7.30. The largest absolute Gasteiger partial charge is 0.336 e. The number of nitrogens with zero attached hydrogens (tertiary/aromatic N) is 5. The summed E-state index contributed by atoms with van der Waals surface area (Å²) in [5.41, 5.74) is 3.70. The third kappa shape index (κ3) is 4.12. The van der Waals surface area contributed by atoms with Crippen LogP contribution >= 0.6 is 0 Å². The first kappa shape index (κ1) is 18.4. The third-order valence-corrected chi connectivity index (χ3v) is 5.20. The van der Waals surface area contributed by atoms with E-state index in [1.165, 1.54) is 24.0 Å². The second kappa shape index (κ2) is 8.35. The van der Waals surface area contributed by atoms with Gasteiger partial charge in [-0.25, -0.2) is 4.68 Å². The summed E-state index contributed by atoms with van der Waals surface area (Å²) >= 11 is 0. The van der Waals surface area contributed by atoms with E-state index >= 15 is 0 Å². The van der Waals surface area contributed by atoms with Crippen LogP contribution in [-0.2, 0) is 13.1 Å². The zero-order valence-corrected chi connectivity index (χ0v) is 16.2. The van der Waals surface area contributed by atoms with E-state index < -0.39 is 0 Å². The predicted octanol–water partition coefficient (Wildman–Crippen LogP) is 3.14. The van der Waals surface area contributed by atoms with Crippen LogP contribution in [0, 0.1) is 0 Å². The molecule has 0 bridgehead atoms. The van der Waals surface area contributed by atoms with Gasteiger partial charge >= 0.3 is 0 Å². The number of likely N-dealkylation sites (tertiary alicyclic amines) is 1. The van der Waals surface area contributed by atoms with Crippen LogP contribution in [0.3, 0.4) is 0 Å². The lowest BCUT2D eigenvalue weighted by Crippen LogP contribution is -2.28. The number of para-hydroxylation sites is 1. The Morgan fingerprint density at radius 2 is 1.68 bits per heavy atom. The Kier molecular flexibility index (Phi) is 5.48. The standard InChI is InChI=1S/C22H25N5O/c1-25(15-18-9-5-6-10-19(18)16-26-13-7-8-14-26)22(28)21-17-27(24-23-21)20-11-3-2-4-12-20/h2-6,9-12,17H,7-8,13-16H2,1H3. The van der Waals surface area contributed by atoms with Crippen molar-refractivity contribution in [3.05, 3.63) is 77.6 Å². The highest BCUT2D eigenvalue weighted by Gasteiger charge is 2.19. The summed E-state index contributed by atoms with van der Waals surface area (Å²) in [6.45, 7) is 3.82. The van der Waals surface area contributed by atoms with Gasteiger partial charge in [0, 0.05) is 20.1 Å². The summed E-state index contributed by atoms with van der Waals surface area (Å²) in [5, 5.41) is 8.17. The van der Waals surface area contributed by atoms with Crippen LogP contribution < -0.4 is 0 Å². The fourth-order valence-corrected chi connectivity index (χ4v) is 3.64. The quantitative estimate of drug-likeness (QED) is 0.664. The van der Waals surface area contributed by atoms with Gasteiger partial charge in [0.15, 0.2) is 5.69 Å². The maximum absolute atomic E-state index is 12.8. The SMILES string of the molecule is CN(Cc1ccccc1CN1CCCC1)C(=O)c1cn(-c2ccccc2)nn1. The number of amides is 1. The van der Waals surface area contributed by atoms with Crippen molar-refractivity contribution >= 4 is 5.91 Å². The lowest BCUT2D eigenvalue weighted by molar-refractivity contribution is 0.0778. The van der Waals surface area contributed by atoms with Crippen molar-refractivity contribution in [2.24, 2.45) is 0 Å². The minimum atomic E-state index is -0.127. The van der Waals surface area contributed by atoms with E-state index in [0.717, 1.165) is 25.3 Å². The van der Waals surface area contributed by atoms with E-state index in [1.807, 2.05) is 43.4 Å². The van der Waals surface area contributed by atoms with Crippen LogP contribution in [0.25, 0.3) is 5.69 Å². The molecule has 144 valence electrons. The topological polar surface area (TPSA) is 54.3 Å². The van der Waals surface area contributed by atoms with Gasteiger partial charge in [-0.2, -0.15) is 0 Å². The van der Waals surface area contributed by atoms with Gasteiger partial charge in [0.2, 0.25) is 0 Å². The zero-order chi connectivity index (χ0) is 19.3. The molecule has 3 aromatic rings. The predicted molar refractivity (Wildman–Crippen MR) is 108 cm³/mol. The molecule has 4 rings (SSSR count). The molecule has 0 atom stereocenters. The molecule has 6 heteroatoms. The summed E-state index contributed by atoms with van der Waals surface area (Å²) in [5.74, 6) is -0.127. The molecular weight excluding hydrogens is 350 g/mol. The molecule has 0 spiro atoms. The highest BCUT2D eigenvalue weighted by molar-refractivity contribution is 5.91. The average Bonchev–Trinajstić information content (AvgIpc) is 3.42. The van der Waals surface area contributed by atoms with Crippen LogP contribution in [0.15, 0.2) is 60.8 Å². The molecule has 0 N–H and O–H groups in total. The molecule has 0 aliphatic carbocycles. The van der Waals surface area contributed by atoms with Gasteiger partial charge in [0.05, 0.1) is 11.9 Å². The third-order valence-electron chi connectivity index (χ3n) is 5.20. The van der Waals surface area contributed by atoms with E-state index in [-0.39, 0.29) is 5.91 Å². The highest BCUT2D eigenvalue weighted by atomic mass is 16.2. The summed E-state index contributed by atoms with van der Waals surface area (Å²) in [6, 6.07) is 18.1. The Labute approximate surface area is 165 Å². The number of hydrogen-bond donors (Lipinski definition) is 0. The second-order valence-electron chi connectivity index (χ2n) is 7.30. The Balaban J connectivity index is 1.46. The van der Waals surface area contributed by atoms with Crippen molar-refractivity contribution < 1.29 is 4.79 Å². The van der Waals surface area contributed by atoms with E-state index in [9.17, 15) is 4.79 Å². The molecule has 0 unspecified atom stereocenters. The fourth-order valence-electron chi connectivity index (χ4n) is 3.64. The van der Waals surface area contributed by atoms with Crippen molar-refractivity contribution in [2.75, 3.05) is 20.1 Å². The Bertz CT molecular complexity index is 931. The number of hydrogen-bond acceptors (Lipinski definition) is 4. The molecule has 6 nitrogen and oxygen atoms in total. The van der Waals surface area contributed by atoms with E-state index in [1.54, 1.807) is 15.8 Å². The molecule has 28 heavy (non-hydrogen) atoms. The molecule has 0 saturated carbocycles. The molecule has 1 aliphatic rings. The van der Waals surface area contributed by atoms with Crippen LogP contribution in [0.4, 0.5) is 0 Å². The smallest absolute Gasteiger partial charge is 0.276 e. The first-order chi connectivity index (χ1) is 13.7. The first-order valence-corrected chi connectivity index (χ1v) is 9.73. The van der Waals surface area contributed by atoms with Gasteiger partial charge < -0.3 is 4.90 Å². The zero-order valence-electron chi connectivity index (χ0n) is 16.2. The van der Waals surface area contributed by atoms with Crippen LogP contribution in [-0.4, -0.2) is 50.8 Å². The minimum absolute atomic E-state index is 0.127. The van der Waals surface area contributed by atoms with Crippen molar-refractivity contribution in [3.63, 3.8) is 0 Å². The van der Waals surface area contributed by atoms with Crippen molar-refractivity contribution in [2.45, 2.75) is 25.9 Å². The van der Waals surface area contributed by atoms with E-state index in [2.05, 4.69) is 33.4 Å². The molecule has 1 amide bonds. The summed E-state index contributed by atoms with van der Waals surface area (Å²) < 4.78 is 1.63. The van der Waals surface area contributed by atoms with Crippen molar-refractivity contribution in [1.29, 1.82) is 0 Å². The number of carbonyl (C=O) groups is 1. The highest BCUT2D eigenvalue weighted by Crippen LogP contribution is 2.18. The van der Waals surface area contributed by atoms with Crippen molar-refractivity contribution in [3.8, 4) is 5.69 Å².